The zero-order chi connectivity index (χ0) is 12.0. The molecule has 1 amide bonds. The van der Waals surface area contributed by atoms with Crippen molar-refractivity contribution in [1.82, 2.24) is 10.6 Å². The molecule has 0 spiro atoms. The number of carbonyl (C=O) groups is 1. The smallest absolute Gasteiger partial charge is 0.224 e. The van der Waals surface area contributed by atoms with Gasteiger partial charge in [0.05, 0.1) is 0 Å². The van der Waals surface area contributed by atoms with E-state index in [1.54, 1.807) is 0 Å². The molecule has 1 rings (SSSR count). The highest BCUT2D eigenvalue weighted by Crippen LogP contribution is 2.39. The summed E-state index contributed by atoms with van der Waals surface area (Å²) < 4.78 is 0.315. The lowest BCUT2D eigenvalue weighted by Crippen LogP contribution is -2.42. The molecule has 0 aromatic heterocycles. The molecule has 16 heavy (non-hydrogen) atoms. The van der Waals surface area contributed by atoms with Gasteiger partial charge >= 0.3 is 0 Å². The third-order valence-electron chi connectivity index (χ3n) is 3.49. The lowest BCUT2D eigenvalue weighted by Gasteiger charge is -2.27. The van der Waals surface area contributed by atoms with E-state index in [0.29, 0.717) is 4.75 Å². The third-order valence-corrected chi connectivity index (χ3v) is 4.91. The molecule has 1 fully saturated rings. The van der Waals surface area contributed by atoms with E-state index in [-0.39, 0.29) is 11.8 Å². The molecule has 1 atom stereocenters. The first-order valence-corrected chi connectivity index (χ1v) is 7.33. The molecule has 3 nitrogen and oxygen atoms in total. The summed E-state index contributed by atoms with van der Waals surface area (Å²) in [5.41, 5.74) is 0. The van der Waals surface area contributed by atoms with E-state index in [4.69, 9.17) is 0 Å². The summed E-state index contributed by atoms with van der Waals surface area (Å²) in [7, 11) is 1.88. The Balaban J connectivity index is 2.35. The Bertz CT molecular complexity index is 227. The van der Waals surface area contributed by atoms with Crippen LogP contribution in [0.5, 0.6) is 0 Å². The zero-order valence-corrected chi connectivity index (χ0v) is 11.5. The summed E-state index contributed by atoms with van der Waals surface area (Å²) in [6.07, 6.45) is 7.27. The monoisotopic (exact) mass is 244 g/mol. The molecule has 1 unspecified atom stereocenters. The van der Waals surface area contributed by atoms with Gasteiger partial charge in [0.2, 0.25) is 5.91 Å². The predicted octanol–water partition coefficient (Wildman–Crippen LogP) is 1.63. The van der Waals surface area contributed by atoms with Crippen LogP contribution in [-0.2, 0) is 4.79 Å². The summed E-state index contributed by atoms with van der Waals surface area (Å²) in [5.74, 6) is 0.236. The second-order valence-electron chi connectivity index (χ2n) is 4.77. The third kappa shape index (κ3) is 3.67. The van der Waals surface area contributed by atoms with Crippen LogP contribution in [0.2, 0.25) is 0 Å². The van der Waals surface area contributed by atoms with E-state index >= 15 is 0 Å². The van der Waals surface area contributed by atoms with Gasteiger partial charge in [-0.05, 0) is 26.1 Å². The van der Waals surface area contributed by atoms with Gasteiger partial charge in [-0.2, -0.15) is 11.8 Å². The van der Waals surface area contributed by atoms with Gasteiger partial charge in [0, 0.05) is 23.8 Å². The van der Waals surface area contributed by atoms with Crippen molar-refractivity contribution < 1.29 is 4.79 Å². The molecule has 1 saturated carbocycles. The Morgan fingerprint density at radius 2 is 2.06 bits per heavy atom. The summed E-state index contributed by atoms with van der Waals surface area (Å²) >= 11 is 1.92. The molecule has 0 bridgehead atoms. The number of carbonyl (C=O) groups excluding carboxylic acids is 1. The first kappa shape index (κ1) is 13.8. The Labute approximate surface area is 103 Å². The van der Waals surface area contributed by atoms with E-state index < -0.39 is 0 Å². The largest absolute Gasteiger partial charge is 0.354 e. The summed E-state index contributed by atoms with van der Waals surface area (Å²) in [5, 5.41) is 6.13. The standard InChI is InChI=1S/C12H24N2OS/c1-10(8-13-2)11(15)14-9-12(16-3)6-4-5-7-12/h10,13H,4-9H2,1-3H3,(H,14,15). The maximum atomic E-state index is 11.8. The normalized spacial score (nSPS) is 20.7. The minimum absolute atomic E-state index is 0.0605. The topological polar surface area (TPSA) is 41.1 Å². The number of thioether (sulfide) groups is 1. The molecule has 2 N–H and O–H groups in total. The van der Waals surface area contributed by atoms with Crippen molar-refractivity contribution in [3.63, 3.8) is 0 Å². The Morgan fingerprint density at radius 1 is 1.44 bits per heavy atom. The minimum Gasteiger partial charge on any atom is -0.354 e. The molecule has 0 aliphatic heterocycles. The van der Waals surface area contributed by atoms with Gasteiger partial charge in [0.25, 0.3) is 0 Å². The van der Waals surface area contributed by atoms with E-state index in [9.17, 15) is 4.79 Å². The SMILES string of the molecule is CNCC(C)C(=O)NCC1(SC)CCCC1. The molecule has 94 valence electrons. The fraction of sp³-hybridized carbons (Fsp3) is 0.917. The van der Waals surface area contributed by atoms with E-state index in [0.717, 1.165) is 13.1 Å². The van der Waals surface area contributed by atoms with E-state index in [2.05, 4.69) is 16.9 Å². The Hall–Kier alpha value is -0.220. The van der Waals surface area contributed by atoms with Gasteiger partial charge in [-0.3, -0.25) is 4.79 Å². The zero-order valence-electron chi connectivity index (χ0n) is 10.6. The van der Waals surface area contributed by atoms with Crippen molar-refractivity contribution in [3.8, 4) is 0 Å². The average molecular weight is 244 g/mol. The van der Waals surface area contributed by atoms with Crippen LogP contribution in [0.1, 0.15) is 32.6 Å². The van der Waals surface area contributed by atoms with Gasteiger partial charge in [-0.25, -0.2) is 0 Å². The molecule has 0 heterocycles. The maximum absolute atomic E-state index is 11.8. The molecule has 1 aliphatic carbocycles. The Kier molecular flexibility index (Phi) is 5.62. The second-order valence-corrected chi connectivity index (χ2v) is 6.05. The molecule has 0 saturated heterocycles. The average Bonchev–Trinajstić information content (AvgIpc) is 2.75. The number of rotatable bonds is 6. The fourth-order valence-electron chi connectivity index (χ4n) is 2.29. The lowest BCUT2D eigenvalue weighted by molar-refractivity contribution is -0.124. The maximum Gasteiger partial charge on any atom is 0.224 e. The van der Waals surface area contributed by atoms with Gasteiger partial charge in [-0.1, -0.05) is 19.8 Å². The van der Waals surface area contributed by atoms with Gasteiger partial charge < -0.3 is 10.6 Å². The highest BCUT2D eigenvalue weighted by atomic mass is 32.2. The van der Waals surface area contributed by atoms with Crippen LogP contribution in [0.4, 0.5) is 0 Å². The molecule has 1 aliphatic rings. The van der Waals surface area contributed by atoms with Crippen LogP contribution in [0, 0.1) is 5.92 Å². The van der Waals surface area contributed by atoms with Crippen LogP contribution in [-0.4, -0.2) is 37.0 Å². The molecule has 0 aromatic carbocycles. The first-order valence-electron chi connectivity index (χ1n) is 6.11. The first-order chi connectivity index (χ1) is 7.63. The van der Waals surface area contributed by atoms with Crippen LogP contribution in [0.15, 0.2) is 0 Å². The van der Waals surface area contributed by atoms with Crippen LogP contribution in [0.25, 0.3) is 0 Å². The number of amides is 1. The minimum atomic E-state index is 0.0605. The van der Waals surface area contributed by atoms with Crippen molar-refractivity contribution in [3.05, 3.63) is 0 Å². The highest BCUT2D eigenvalue weighted by Gasteiger charge is 2.33. The second kappa shape index (κ2) is 6.50. The van der Waals surface area contributed by atoms with Gasteiger partial charge in [0.1, 0.15) is 0 Å². The van der Waals surface area contributed by atoms with Crippen molar-refractivity contribution in [2.75, 3.05) is 26.4 Å². The number of nitrogens with one attached hydrogen (secondary N) is 2. The van der Waals surface area contributed by atoms with Gasteiger partial charge in [-0.15, -0.1) is 0 Å². The summed E-state index contributed by atoms with van der Waals surface area (Å²) in [6, 6.07) is 0. The summed E-state index contributed by atoms with van der Waals surface area (Å²) in [4.78, 5) is 11.8. The molecular weight excluding hydrogens is 220 g/mol. The van der Waals surface area contributed by atoms with Crippen molar-refractivity contribution >= 4 is 17.7 Å². The van der Waals surface area contributed by atoms with E-state index in [1.165, 1.54) is 25.7 Å². The molecule has 0 aromatic rings. The quantitative estimate of drug-likeness (QED) is 0.746. The van der Waals surface area contributed by atoms with Crippen LogP contribution >= 0.6 is 11.8 Å². The molecule has 0 radical (unpaired) electrons. The number of hydrogen-bond donors (Lipinski definition) is 2. The molecular formula is C12H24N2OS. The molecule has 4 heteroatoms. The van der Waals surface area contributed by atoms with Crippen LogP contribution in [0.3, 0.4) is 0 Å². The lowest BCUT2D eigenvalue weighted by atomic mass is 10.1. The van der Waals surface area contributed by atoms with Crippen molar-refractivity contribution in [2.24, 2.45) is 5.92 Å². The van der Waals surface area contributed by atoms with Crippen LogP contribution < -0.4 is 10.6 Å². The van der Waals surface area contributed by atoms with Crippen molar-refractivity contribution in [2.45, 2.75) is 37.4 Å². The predicted molar refractivity (Wildman–Crippen MR) is 70.8 cm³/mol. The highest BCUT2D eigenvalue weighted by molar-refractivity contribution is 8.00. The summed E-state index contributed by atoms with van der Waals surface area (Å²) in [6.45, 7) is 3.55. The number of hydrogen-bond acceptors (Lipinski definition) is 3. The fourth-order valence-corrected chi connectivity index (χ4v) is 3.21. The van der Waals surface area contributed by atoms with Crippen molar-refractivity contribution in [1.29, 1.82) is 0 Å². The van der Waals surface area contributed by atoms with E-state index in [1.807, 2.05) is 25.7 Å². The Morgan fingerprint density at radius 3 is 2.56 bits per heavy atom. The van der Waals surface area contributed by atoms with Gasteiger partial charge in [0.15, 0.2) is 0 Å².